The Labute approximate surface area is 165 Å². The first-order valence-corrected chi connectivity index (χ1v) is 9.63. The molecule has 2 heterocycles. The van der Waals surface area contributed by atoms with Gasteiger partial charge >= 0.3 is 0 Å². The van der Waals surface area contributed by atoms with Crippen molar-refractivity contribution in [3.05, 3.63) is 70.9 Å². The Morgan fingerprint density at radius 1 is 1.25 bits per heavy atom. The summed E-state index contributed by atoms with van der Waals surface area (Å²) < 4.78 is 1.43. The van der Waals surface area contributed by atoms with E-state index in [2.05, 4.69) is 11.6 Å². The largest absolute Gasteiger partial charge is 0.388 e. The molecule has 0 radical (unpaired) electrons. The highest BCUT2D eigenvalue weighted by molar-refractivity contribution is 5.76. The molecule has 3 rings (SSSR count). The highest BCUT2D eigenvalue weighted by atomic mass is 16.3. The Morgan fingerprint density at radius 2 is 1.93 bits per heavy atom. The molecule has 1 aromatic heterocycles. The minimum absolute atomic E-state index is 0.107. The highest BCUT2D eigenvalue weighted by Crippen LogP contribution is 2.24. The summed E-state index contributed by atoms with van der Waals surface area (Å²) in [5.74, 6) is 0.107. The van der Waals surface area contributed by atoms with Gasteiger partial charge in [0, 0.05) is 25.6 Å². The number of hydrogen-bond acceptors (Lipinski definition) is 4. The zero-order valence-electron chi connectivity index (χ0n) is 16.3. The predicted octanol–water partition coefficient (Wildman–Crippen LogP) is 2.26. The number of piperidine rings is 1. The van der Waals surface area contributed by atoms with E-state index in [0.717, 1.165) is 17.6 Å². The van der Waals surface area contributed by atoms with E-state index in [4.69, 9.17) is 0 Å². The van der Waals surface area contributed by atoms with Crippen LogP contribution in [0.5, 0.6) is 0 Å². The van der Waals surface area contributed by atoms with Crippen LogP contribution in [0.15, 0.2) is 54.1 Å². The Kier molecular flexibility index (Phi) is 6.09. The lowest BCUT2D eigenvalue weighted by Crippen LogP contribution is -2.49. The van der Waals surface area contributed by atoms with E-state index in [1.54, 1.807) is 6.92 Å². The van der Waals surface area contributed by atoms with Crippen molar-refractivity contribution in [1.29, 1.82) is 0 Å². The summed E-state index contributed by atoms with van der Waals surface area (Å²) in [6.45, 7) is 6.76. The van der Waals surface area contributed by atoms with Crippen molar-refractivity contribution in [1.82, 2.24) is 14.5 Å². The second-order valence-corrected chi connectivity index (χ2v) is 7.61. The molecule has 6 nitrogen and oxygen atoms in total. The topological polar surface area (TPSA) is 75.4 Å². The maximum atomic E-state index is 12.5. The van der Waals surface area contributed by atoms with Crippen LogP contribution < -0.4 is 5.56 Å². The van der Waals surface area contributed by atoms with Crippen LogP contribution in [0, 0.1) is 0 Å². The monoisotopic (exact) mass is 381 g/mol. The molecule has 0 atom stereocenters. The van der Waals surface area contributed by atoms with Crippen LogP contribution in [0.2, 0.25) is 0 Å². The van der Waals surface area contributed by atoms with Crippen LogP contribution >= 0.6 is 0 Å². The number of aliphatic hydroxyl groups is 1. The molecule has 1 aliphatic heterocycles. The fourth-order valence-electron chi connectivity index (χ4n) is 3.48. The third-order valence-corrected chi connectivity index (χ3v) is 5.30. The number of aryl methyl sites for hydroxylation is 1. The summed E-state index contributed by atoms with van der Waals surface area (Å²) in [5, 5.41) is 10.9. The second kappa shape index (κ2) is 8.52. The van der Waals surface area contributed by atoms with Gasteiger partial charge in [-0.3, -0.25) is 14.2 Å². The van der Waals surface area contributed by atoms with Gasteiger partial charge in [0.2, 0.25) is 5.91 Å². The number of carbonyl (C=O) groups excluding carboxylic acids is 1. The molecule has 1 fully saturated rings. The van der Waals surface area contributed by atoms with Crippen LogP contribution in [-0.4, -0.2) is 44.2 Å². The highest BCUT2D eigenvalue weighted by Gasteiger charge is 2.34. The molecule has 1 aromatic carbocycles. The van der Waals surface area contributed by atoms with Gasteiger partial charge < -0.3 is 10.0 Å². The maximum Gasteiger partial charge on any atom is 0.253 e. The van der Waals surface area contributed by atoms with Gasteiger partial charge in [-0.05, 0) is 37.3 Å². The van der Waals surface area contributed by atoms with Crippen LogP contribution in [0.1, 0.15) is 37.4 Å². The number of allylic oxidation sites excluding steroid dienone is 1. The number of hydrogen-bond donors (Lipinski definition) is 1. The van der Waals surface area contributed by atoms with Crippen LogP contribution in [0.4, 0.5) is 0 Å². The molecule has 148 valence electrons. The zero-order chi connectivity index (χ0) is 20.1. The summed E-state index contributed by atoms with van der Waals surface area (Å²) in [6.07, 6.45) is 3.53. The van der Waals surface area contributed by atoms with E-state index >= 15 is 0 Å². The number of likely N-dealkylation sites (tertiary alicyclic amines) is 1. The van der Waals surface area contributed by atoms with Gasteiger partial charge in [-0.25, -0.2) is 4.98 Å². The Balaban J connectivity index is 1.54. The van der Waals surface area contributed by atoms with E-state index in [1.807, 2.05) is 35.2 Å². The first-order valence-electron chi connectivity index (χ1n) is 9.63. The van der Waals surface area contributed by atoms with Crippen molar-refractivity contribution >= 4 is 11.5 Å². The molecule has 2 aromatic rings. The van der Waals surface area contributed by atoms with E-state index < -0.39 is 5.60 Å². The number of carbonyl (C=O) groups is 1. The van der Waals surface area contributed by atoms with Crippen LogP contribution in [0.3, 0.4) is 0 Å². The van der Waals surface area contributed by atoms with Gasteiger partial charge in [0.05, 0.1) is 24.2 Å². The van der Waals surface area contributed by atoms with Crippen LogP contribution in [0.25, 0.3) is 5.57 Å². The molecule has 0 spiro atoms. The minimum Gasteiger partial charge on any atom is -0.388 e. The average Bonchev–Trinajstić information content (AvgIpc) is 2.69. The Hall–Kier alpha value is -2.73. The van der Waals surface area contributed by atoms with Crippen molar-refractivity contribution in [3.8, 4) is 0 Å². The number of nitrogens with zero attached hydrogens (tertiary/aromatic N) is 3. The first kappa shape index (κ1) is 20.0. The number of amides is 1. The van der Waals surface area contributed by atoms with Crippen LogP contribution in [-0.2, 0) is 17.8 Å². The summed E-state index contributed by atoms with van der Waals surface area (Å²) in [7, 11) is 0. The lowest BCUT2D eigenvalue weighted by atomic mass is 9.91. The van der Waals surface area contributed by atoms with Gasteiger partial charge in [-0.2, -0.15) is 0 Å². The summed E-state index contributed by atoms with van der Waals surface area (Å²) >= 11 is 0. The molecule has 0 unspecified atom stereocenters. The van der Waals surface area contributed by atoms with E-state index in [1.165, 1.54) is 17.0 Å². The number of rotatable bonds is 6. The molecule has 1 N–H and O–H groups in total. The Bertz CT molecular complexity index is 897. The smallest absolute Gasteiger partial charge is 0.253 e. The summed E-state index contributed by atoms with van der Waals surface area (Å²) in [6, 6.07) is 11.4. The molecular formula is C22H27N3O3. The third kappa shape index (κ3) is 4.95. The van der Waals surface area contributed by atoms with E-state index in [9.17, 15) is 14.7 Å². The quantitative estimate of drug-likeness (QED) is 0.833. The fraction of sp³-hybridized carbons (Fsp3) is 0.409. The molecule has 0 aliphatic carbocycles. The van der Waals surface area contributed by atoms with Crippen molar-refractivity contribution in [2.75, 3.05) is 13.1 Å². The van der Waals surface area contributed by atoms with Gasteiger partial charge in [0.1, 0.15) is 0 Å². The normalized spacial score (nSPS) is 16.0. The average molecular weight is 381 g/mol. The van der Waals surface area contributed by atoms with Gasteiger partial charge in [0.25, 0.3) is 5.56 Å². The third-order valence-electron chi connectivity index (χ3n) is 5.30. The molecule has 28 heavy (non-hydrogen) atoms. The van der Waals surface area contributed by atoms with Crippen molar-refractivity contribution in [2.45, 2.75) is 44.8 Å². The summed E-state index contributed by atoms with van der Waals surface area (Å²) in [4.78, 5) is 30.8. The molecule has 0 bridgehead atoms. The van der Waals surface area contributed by atoms with Gasteiger partial charge in [0.15, 0.2) is 0 Å². The summed E-state index contributed by atoms with van der Waals surface area (Å²) in [5.41, 5.74) is 1.22. The fourth-order valence-corrected chi connectivity index (χ4v) is 3.48. The second-order valence-electron chi connectivity index (χ2n) is 7.61. The molecule has 6 heteroatoms. The molecule has 1 amide bonds. The lowest BCUT2D eigenvalue weighted by molar-refractivity contribution is -0.135. The van der Waals surface area contributed by atoms with E-state index in [0.29, 0.717) is 38.0 Å². The molecule has 0 saturated carbocycles. The number of aromatic nitrogens is 2. The van der Waals surface area contributed by atoms with Crippen molar-refractivity contribution in [2.24, 2.45) is 0 Å². The standard InChI is InChI=1S/C22H27N3O3/c1-17(2)19-14-21(27)25(16-23-19)15-22(28)10-12-24(13-11-22)20(26)9-8-18-6-4-3-5-7-18/h3-7,14,16,28H,1,8-13,15H2,2H3. The maximum absolute atomic E-state index is 12.5. The predicted molar refractivity (Wildman–Crippen MR) is 109 cm³/mol. The molecule has 1 aliphatic rings. The van der Waals surface area contributed by atoms with Gasteiger partial charge in [-0.15, -0.1) is 0 Å². The zero-order valence-corrected chi connectivity index (χ0v) is 16.3. The van der Waals surface area contributed by atoms with E-state index in [-0.39, 0.29) is 18.0 Å². The van der Waals surface area contributed by atoms with Crippen molar-refractivity contribution < 1.29 is 9.90 Å². The Morgan fingerprint density at radius 3 is 2.54 bits per heavy atom. The molecule has 1 saturated heterocycles. The number of benzene rings is 1. The SMILES string of the molecule is C=C(C)c1cc(=O)n(CC2(O)CCN(C(=O)CCc3ccccc3)CC2)cn1. The molecular weight excluding hydrogens is 354 g/mol. The lowest BCUT2D eigenvalue weighted by Gasteiger charge is -2.38. The first-order chi connectivity index (χ1) is 13.4. The van der Waals surface area contributed by atoms with Crippen molar-refractivity contribution in [3.63, 3.8) is 0 Å². The minimum atomic E-state index is -1.01. The van der Waals surface area contributed by atoms with Gasteiger partial charge in [-0.1, -0.05) is 36.9 Å².